The van der Waals surface area contributed by atoms with E-state index in [0.717, 1.165) is 11.3 Å². The van der Waals surface area contributed by atoms with E-state index in [2.05, 4.69) is 15.0 Å². The van der Waals surface area contributed by atoms with Crippen molar-refractivity contribution in [3.05, 3.63) is 71.8 Å². The summed E-state index contributed by atoms with van der Waals surface area (Å²) < 4.78 is 5.34. The summed E-state index contributed by atoms with van der Waals surface area (Å²) in [6.07, 6.45) is 3.61. The SMILES string of the molecule is COc1ccccc1Cc1nccc(-c2cc(C(=O)O)ccn2)n1. The van der Waals surface area contributed by atoms with Gasteiger partial charge in [0, 0.05) is 24.4 Å². The second-order valence-electron chi connectivity index (χ2n) is 5.08. The fourth-order valence-corrected chi connectivity index (χ4v) is 2.35. The van der Waals surface area contributed by atoms with Crippen LogP contribution < -0.4 is 4.74 Å². The number of ether oxygens (including phenoxy) is 1. The minimum Gasteiger partial charge on any atom is -0.496 e. The van der Waals surface area contributed by atoms with Gasteiger partial charge in [0.05, 0.1) is 24.1 Å². The Hall–Kier alpha value is -3.28. The number of carbonyl (C=O) groups is 1. The third-order valence-electron chi connectivity index (χ3n) is 3.52. The van der Waals surface area contributed by atoms with Crippen molar-refractivity contribution >= 4 is 5.97 Å². The quantitative estimate of drug-likeness (QED) is 0.778. The van der Waals surface area contributed by atoms with Crippen molar-refractivity contribution in [2.75, 3.05) is 7.11 Å². The molecule has 0 atom stereocenters. The standard InChI is InChI=1S/C18H15N3O3/c1-24-16-5-3-2-4-12(16)11-17-20-9-7-14(21-17)15-10-13(18(22)23)6-8-19-15/h2-10H,11H2,1H3,(H,22,23). The molecule has 0 aliphatic rings. The number of carboxylic acid groups (broad SMARTS) is 1. The van der Waals surface area contributed by atoms with Crippen LogP contribution in [0, 0.1) is 0 Å². The molecule has 0 aliphatic carbocycles. The summed E-state index contributed by atoms with van der Waals surface area (Å²) >= 11 is 0. The molecule has 0 saturated carbocycles. The van der Waals surface area contributed by atoms with Gasteiger partial charge in [0.1, 0.15) is 11.6 Å². The van der Waals surface area contributed by atoms with Gasteiger partial charge in [-0.2, -0.15) is 0 Å². The van der Waals surface area contributed by atoms with Crippen LogP contribution in [0.25, 0.3) is 11.4 Å². The van der Waals surface area contributed by atoms with Crippen LogP contribution in [0.3, 0.4) is 0 Å². The fourth-order valence-electron chi connectivity index (χ4n) is 2.35. The Bertz CT molecular complexity index is 881. The average molecular weight is 321 g/mol. The van der Waals surface area contributed by atoms with Crippen molar-refractivity contribution in [2.45, 2.75) is 6.42 Å². The zero-order chi connectivity index (χ0) is 16.9. The van der Waals surface area contributed by atoms with Crippen LogP contribution in [-0.4, -0.2) is 33.1 Å². The van der Waals surface area contributed by atoms with Crippen LogP contribution >= 0.6 is 0 Å². The normalized spacial score (nSPS) is 10.4. The van der Waals surface area contributed by atoms with Crippen molar-refractivity contribution in [3.63, 3.8) is 0 Å². The first-order valence-electron chi connectivity index (χ1n) is 7.31. The van der Waals surface area contributed by atoms with Crippen LogP contribution in [0.2, 0.25) is 0 Å². The molecule has 0 fully saturated rings. The van der Waals surface area contributed by atoms with Gasteiger partial charge in [0.15, 0.2) is 0 Å². The molecule has 3 aromatic rings. The predicted octanol–water partition coefficient (Wildman–Crippen LogP) is 2.84. The van der Waals surface area contributed by atoms with Gasteiger partial charge in [-0.1, -0.05) is 18.2 Å². The Morgan fingerprint density at radius 3 is 2.67 bits per heavy atom. The second kappa shape index (κ2) is 6.87. The number of nitrogens with zero attached hydrogens (tertiary/aromatic N) is 3. The van der Waals surface area contributed by atoms with Crippen LogP contribution in [0.1, 0.15) is 21.7 Å². The lowest BCUT2D eigenvalue weighted by Crippen LogP contribution is -2.01. The van der Waals surface area contributed by atoms with E-state index in [4.69, 9.17) is 9.84 Å². The van der Waals surface area contributed by atoms with E-state index in [0.29, 0.717) is 23.6 Å². The first-order chi connectivity index (χ1) is 11.7. The van der Waals surface area contributed by atoms with Crippen LogP contribution in [0.5, 0.6) is 5.75 Å². The van der Waals surface area contributed by atoms with Crippen LogP contribution in [-0.2, 0) is 6.42 Å². The number of hydrogen-bond acceptors (Lipinski definition) is 5. The van der Waals surface area contributed by atoms with Crippen molar-refractivity contribution in [3.8, 4) is 17.1 Å². The Morgan fingerprint density at radius 2 is 1.88 bits per heavy atom. The summed E-state index contributed by atoms with van der Waals surface area (Å²) in [5, 5.41) is 9.09. The Morgan fingerprint density at radius 1 is 1.08 bits per heavy atom. The number of aromatic nitrogens is 3. The fraction of sp³-hybridized carbons (Fsp3) is 0.111. The third kappa shape index (κ3) is 3.38. The highest BCUT2D eigenvalue weighted by molar-refractivity contribution is 5.88. The molecule has 1 aromatic carbocycles. The molecule has 2 heterocycles. The first kappa shape index (κ1) is 15.6. The number of benzene rings is 1. The molecule has 0 unspecified atom stereocenters. The van der Waals surface area contributed by atoms with Gasteiger partial charge in [-0.05, 0) is 24.3 Å². The molecule has 2 aromatic heterocycles. The number of aromatic carboxylic acids is 1. The molecule has 6 heteroatoms. The smallest absolute Gasteiger partial charge is 0.335 e. The summed E-state index contributed by atoms with van der Waals surface area (Å²) in [7, 11) is 1.62. The summed E-state index contributed by atoms with van der Waals surface area (Å²) in [6.45, 7) is 0. The zero-order valence-electron chi connectivity index (χ0n) is 13.0. The summed E-state index contributed by atoms with van der Waals surface area (Å²) in [5.41, 5.74) is 2.23. The molecular formula is C18H15N3O3. The van der Waals surface area contributed by atoms with Crippen LogP contribution in [0.4, 0.5) is 0 Å². The van der Waals surface area contributed by atoms with Crippen LogP contribution in [0.15, 0.2) is 54.9 Å². The maximum atomic E-state index is 11.1. The molecule has 6 nitrogen and oxygen atoms in total. The lowest BCUT2D eigenvalue weighted by atomic mass is 10.1. The molecule has 0 radical (unpaired) electrons. The third-order valence-corrected chi connectivity index (χ3v) is 3.52. The number of hydrogen-bond donors (Lipinski definition) is 1. The number of methoxy groups -OCH3 is 1. The maximum absolute atomic E-state index is 11.1. The molecule has 120 valence electrons. The van der Waals surface area contributed by atoms with Gasteiger partial charge in [-0.25, -0.2) is 14.8 Å². The van der Waals surface area contributed by atoms with Crippen molar-refractivity contribution in [1.29, 1.82) is 0 Å². The van der Waals surface area contributed by atoms with Crippen molar-refractivity contribution < 1.29 is 14.6 Å². The van der Waals surface area contributed by atoms with Crippen molar-refractivity contribution in [2.24, 2.45) is 0 Å². The number of carboxylic acids is 1. The number of pyridine rings is 1. The van der Waals surface area contributed by atoms with E-state index in [1.807, 2.05) is 24.3 Å². The van der Waals surface area contributed by atoms with E-state index in [9.17, 15) is 4.79 Å². The van der Waals surface area contributed by atoms with E-state index >= 15 is 0 Å². The maximum Gasteiger partial charge on any atom is 0.335 e. The minimum atomic E-state index is -0.998. The lowest BCUT2D eigenvalue weighted by Gasteiger charge is -2.08. The van der Waals surface area contributed by atoms with E-state index in [1.165, 1.54) is 18.3 Å². The van der Waals surface area contributed by atoms with Gasteiger partial charge in [-0.15, -0.1) is 0 Å². The number of para-hydroxylation sites is 1. The van der Waals surface area contributed by atoms with Gasteiger partial charge in [0.2, 0.25) is 0 Å². The van der Waals surface area contributed by atoms with Crippen molar-refractivity contribution in [1.82, 2.24) is 15.0 Å². The predicted molar refractivity (Wildman–Crippen MR) is 88.0 cm³/mol. The number of rotatable bonds is 5. The largest absolute Gasteiger partial charge is 0.496 e. The summed E-state index contributed by atoms with van der Waals surface area (Å²) in [5.74, 6) is 0.388. The van der Waals surface area contributed by atoms with Gasteiger partial charge in [0.25, 0.3) is 0 Å². The van der Waals surface area contributed by atoms with Gasteiger partial charge < -0.3 is 9.84 Å². The Balaban J connectivity index is 1.92. The molecule has 3 rings (SSSR count). The zero-order valence-corrected chi connectivity index (χ0v) is 13.0. The monoisotopic (exact) mass is 321 g/mol. The Labute approximate surface area is 138 Å². The van der Waals surface area contributed by atoms with E-state index in [-0.39, 0.29) is 5.56 Å². The first-order valence-corrected chi connectivity index (χ1v) is 7.31. The second-order valence-corrected chi connectivity index (χ2v) is 5.08. The molecule has 0 amide bonds. The lowest BCUT2D eigenvalue weighted by molar-refractivity contribution is 0.0697. The molecule has 0 saturated heterocycles. The molecule has 1 N–H and O–H groups in total. The highest BCUT2D eigenvalue weighted by Gasteiger charge is 2.10. The van der Waals surface area contributed by atoms with Gasteiger partial charge >= 0.3 is 5.97 Å². The molecule has 0 spiro atoms. The van der Waals surface area contributed by atoms with E-state index in [1.54, 1.807) is 19.4 Å². The molecule has 0 bridgehead atoms. The summed E-state index contributed by atoms with van der Waals surface area (Å²) in [4.78, 5) is 24.1. The molecular weight excluding hydrogens is 306 g/mol. The highest BCUT2D eigenvalue weighted by Crippen LogP contribution is 2.21. The summed E-state index contributed by atoms with van der Waals surface area (Å²) in [6, 6.07) is 12.3. The molecule has 24 heavy (non-hydrogen) atoms. The molecule has 0 aliphatic heterocycles. The topological polar surface area (TPSA) is 85.2 Å². The average Bonchev–Trinajstić information content (AvgIpc) is 2.62. The Kier molecular flexibility index (Phi) is 4.47. The highest BCUT2D eigenvalue weighted by atomic mass is 16.5. The van der Waals surface area contributed by atoms with E-state index < -0.39 is 5.97 Å². The van der Waals surface area contributed by atoms with Gasteiger partial charge in [-0.3, -0.25) is 4.98 Å². The minimum absolute atomic E-state index is 0.171.